The monoisotopic (exact) mass is 238 g/mol. The lowest BCUT2D eigenvalue weighted by Crippen LogP contribution is -2.12. The highest BCUT2D eigenvalue weighted by Crippen LogP contribution is 2.24. The van der Waals surface area contributed by atoms with E-state index in [1.807, 2.05) is 38.1 Å². The molecular weight excluding hydrogens is 224 g/mol. The van der Waals surface area contributed by atoms with Crippen LogP contribution in [0.2, 0.25) is 0 Å². The lowest BCUT2D eigenvalue weighted by Gasteiger charge is -2.13. The van der Waals surface area contributed by atoms with Crippen molar-refractivity contribution < 1.29 is 9.90 Å². The van der Waals surface area contributed by atoms with Crippen molar-refractivity contribution in [1.29, 1.82) is 0 Å². The van der Waals surface area contributed by atoms with Crippen molar-refractivity contribution in [3.63, 3.8) is 0 Å². The van der Waals surface area contributed by atoms with Gasteiger partial charge in [-0.3, -0.25) is 4.79 Å². The number of halogens is 1. The fraction of sp³-hybridized carbons (Fsp3) is 0.308. The molecule has 0 saturated heterocycles. The van der Waals surface area contributed by atoms with Crippen LogP contribution in [0, 0.1) is 6.92 Å². The number of rotatable bonds is 4. The normalized spacial score (nSPS) is 13.6. The number of carboxylic acids is 1. The highest BCUT2D eigenvalue weighted by molar-refractivity contribution is 6.25. The minimum Gasteiger partial charge on any atom is -0.481 e. The molecule has 0 saturated carbocycles. The summed E-state index contributed by atoms with van der Waals surface area (Å²) in [6, 6.07) is 7.57. The van der Waals surface area contributed by atoms with Gasteiger partial charge in [0.1, 0.15) is 0 Å². The molecule has 16 heavy (non-hydrogen) atoms. The van der Waals surface area contributed by atoms with Crippen molar-refractivity contribution in [2.24, 2.45) is 0 Å². The molecule has 0 aliphatic rings. The van der Waals surface area contributed by atoms with Gasteiger partial charge in [0.15, 0.2) is 0 Å². The van der Waals surface area contributed by atoms with Crippen LogP contribution < -0.4 is 0 Å². The summed E-state index contributed by atoms with van der Waals surface area (Å²) >= 11 is 5.56. The van der Waals surface area contributed by atoms with Crippen LogP contribution >= 0.6 is 11.6 Å². The van der Waals surface area contributed by atoms with Crippen molar-refractivity contribution in [1.82, 2.24) is 0 Å². The molecule has 1 rings (SSSR count). The second kappa shape index (κ2) is 5.71. The Morgan fingerprint density at radius 2 is 2.25 bits per heavy atom. The zero-order valence-electron chi connectivity index (χ0n) is 9.40. The number of hydrogen-bond donors (Lipinski definition) is 1. The van der Waals surface area contributed by atoms with Gasteiger partial charge >= 0.3 is 5.97 Å². The van der Waals surface area contributed by atoms with Crippen molar-refractivity contribution in [3.8, 4) is 0 Å². The highest BCUT2D eigenvalue weighted by atomic mass is 35.5. The Kier molecular flexibility index (Phi) is 4.56. The Hall–Kier alpha value is -1.28. The first-order chi connectivity index (χ1) is 7.54. The first-order valence-corrected chi connectivity index (χ1v) is 5.53. The van der Waals surface area contributed by atoms with E-state index in [0.29, 0.717) is 6.42 Å². The number of carbonyl (C=O) groups is 1. The predicted molar refractivity (Wildman–Crippen MR) is 65.8 cm³/mol. The number of aryl methyl sites for hydroxylation is 1. The second-order valence-electron chi connectivity index (χ2n) is 3.96. The van der Waals surface area contributed by atoms with E-state index >= 15 is 0 Å². The van der Waals surface area contributed by atoms with Gasteiger partial charge in [-0.05, 0) is 25.8 Å². The summed E-state index contributed by atoms with van der Waals surface area (Å²) in [6.45, 7) is 3.78. The maximum absolute atomic E-state index is 11.2. The van der Waals surface area contributed by atoms with E-state index in [9.17, 15) is 9.90 Å². The van der Waals surface area contributed by atoms with Crippen molar-refractivity contribution in [2.45, 2.75) is 26.2 Å². The summed E-state index contributed by atoms with van der Waals surface area (Å²) in [5, 5.41) is 9.19. The van der Waals surface area contributed by atoms with E-state index in [1.165, 1.54) is 5.54 Å². The van der Waals surface area contributed by atoms with E-state index in [0.717, 1.165) is 16.7 Å². The second-order valence-corrected chi connectivity index (χ2v) is 4.18. The first kappa shape index (κ1) is 12.8. The Bertz CT molecular complexity index is 410. The van der Waals surface area contributed by atoms with Crippen LogP contribution in [0.25, 0.3) is 0 Å². The summed E-state index contributed by atoms with van der Waals surface area (Å²) in [7, 11) is 0. The minimum atomic E-state index is -0.816. The van der Waals surface area contributed by atoms with Crippen LogP contribution in [0.5, 0.6) is 0 Å². The zero-order valence-corrected chi connectivity index (χ0v) is 10.2. The maximum Gasteiger partial charge on any atom is 0.311 e. The quantitative estimate of drug-likeness (QED) is 0.869. The van der Waals surface area contributed by atoms with Crippen LogP contribution in [-0.2, 0) is 4.79 Å². The van der Waals surface area contributed by atoms with Gasteiger partial charge in [0.2, 0.25) is 0 Å². The number of aliphatic carboxylic acids is 1. The molecule has 3 heteroatoms. The third kappa shape index (κ3) is 3.38. The lowest BCUT2D eigenvalue weighted by molar-refractivity contribution is -0.138. The molecule has 0 fully saturated rings. The van der Waals surface area contributed by atoms with E-state index in [-0.39, 0.29) is 0 Å². The fourth-order valence-electron chi connectivity index (χ4n) is 1.60. The predicted octanol–water partition coefficient (Wildman–Crippen LogP) is 3.70. The van der Waals surface area contributed by atoms with E-state index < -0.39 is 11.9 Å². The van der Waals surface area contributed by atoms with Gasteiger partial charge in [-0.2, -0.15) is 0 Å². The van der Waals surface area contributed by atoms with Gasteiger partial charge in [0.25, 0.3) is 0 Å². The Morgan fingerprint density at radius 1 is 1.56 bits per heavy atom. The van der Waals surface area contributed by atoms with Crippen LogP contribution in [0.3, 0.4) is 0 Å². The molecule has 0 radical (unpaired) electrons. The molecule has 0 bridgehead atoms. The average Bonchev–Trinajstić information content (AvgIpc) is 2.25. The molecule has 86 valence electrons. The average molecular weight is 239 g/mol. The maximum atomic E-state index is 11.2. The lowest BCUT2D eigenvalue weighted by atomic mass is 9.92. The van der Waals surface area contributed by atoms with Gasteiger partial charge < -0.3 is 5.11 Å². The van der Waals surface area contributed by atoms with Gasteiger partial charge in [-0.25, -0.2) is 0 Å². The number of allylic oxidation sites excluding steroid dienone is 1. The third-order valence-electron chi connectivity index (χ3n) is 2.45. The highest BCUT2D eigenvalue weighted by Gasteiger charge is 2.19. The Balaban J connectivity index is 2.98. The van der Waals surface area contributed by atoms with Gasteiger partial charge in [-0.1, -0.05) is 47.0 Å². The first-order valence-electron chi connectivity index (χ1n) is 5.10. The molecule has 1 aromatic rings. The van der Waals surface area contributed by atoms with Gasteiger partial charge in [0.05, 0.1) is 5.92 Å². The molecule has 0 spiro atoms. The fourth-order valence-corrected chi connectivity index (χ4v) is 1.69. The van der Waals surface area contributed by atoms with E-state index in [2.05, 4.69) is 0 Å². The third-order valence-corrected chi connectivity index (χ3v) is 2.83. The molecule has 0 aliphatic carbocycles. The standard InChI is InChI=1S/C13H15ClO2/c1-9-4-3-5-11(6-9)12(13(15)16)7-10(2)8-14/h3-6,8,12H,7H2,1-2H3,(H,15,16)/b10-8-. The molecule has 2 nitrogen and oxygen atoms in total. The molecule has 1 atom stereocenters. The SMILES string of the molecule is C/C(=C/Cl)CC(C(=O)O)c1cccc(C)c1. The largest absolute Gasteiger partial charge is 0.481 e. The summed E-state index contributed by atoms with van der Waals surface area (Å²) in [6.07, 6.45) is 0.447. The van der Waals surface area contributed by atoms with Crippen LogP contribution in [-0.4, -0.2) is 11.1 Å². The number of benzene rings is 1. The van der Waals surface area contributed by atoms with Crippen LogP contribution in [0.15, 0.2) is 35.4 Å². The van der Waals surface area contributed by atoms with Crippen LogP contribution in [0.1, 0.15) is 30.4 Å². The smallest absolute Gasteiger partial charge is 0.311 e. The molecule has 0 amide bonds. The van der Waals surface area contributed by atoms with Crippen LogP contribution in [0.4, 0.5) is 0 Å². The zero-order chi connectivity index (χ0) is 12.1. The topological polar surface area (TPSA) is 37.3 Å². The molecule has 1 aromatic carbocycles. The molecule has 0 heterocycles. The minimum absolute atomic E-state index is 0.447. The Morgan fingerprint density at radius 3 is 2.75 bits per heavy atom. The van der Waals surface area contributed by atoms with Gasteiger partial charge in [-0.15, -0.1) is 0 Å². The van der Waals surface area contributed by atoms with Gasteiger partial charge in [0, 0.05) is 5.54 Å². The van der Waals surface area contributed by atoms with E-state index in [1.54, 1.807) is 0 Å². The molecule has 0 aliphatic heterocycles. The van der Waals surface area contributed by atoms with E-state index in [4.69, 9.17) is 11.6 Å². The number of carboxylic acid groups (broad SMARTS) is 1. The number of hydrogen-bond acceptors (Lipinski definition) is 1. The molecule has 1 unspecified atom stereocenters. The summed E-state index contributed by atoms with van der Waals surface area (Å²) in [4.78, 5) is 11.2. The molecular formula is C13H15ClO2. The summed E-state index contributed by atoms with van der Waals surface area (Å²) in [5.74, 6) is -1.33. The molecule has 0 aromatic heterocycles. The summed E-state index contributed by atoms with van der Waals surface area (Å²) in [5.41, 5.74) is 4.20. The summed E-state index contributed by atoms with van der Waals surface area (Å²) < 4.78 is 0. The van der Waals surface area contributed by atoms with Crippen molar-refractivity contribution in [2.75, 3.05) is 0 Å². The Labute approximate surface area is 101 Å². The van der Waals surface area contributed by atoms with Crippen molar-refractivity contribution >= 4 is 17.6 Å². The molecule has 1 N–H and O–H groups in total. The van der Waals surface area contributed by atoms with Crippen molar-refractivity contribution in [3.05, 3.63) is 46.5 Å².